The summed E-state index contributed by atoms with van der Waals surface area (Å²) < 4.78 is 14.6. The third-order valence-electron chi connectivity index (χ3n) is 7.94. The van der Waals surface area contributed by atoms with E-state index < -0.39 is 5.82 Å². The smallest absolute Gasteiger partial charge is 0.183 e. The number of likely N-dealkylation sites (tertiary alicyclic amines) is 1. The van der Waals surface area contributed by atoms with E-state index in [9.17, 15) is 4.39 Å². The highest BCUT2D eigenvalue weighted by molar-refractivity contribution is 6.33. The number of aryl methyl sites for hydroxylation is 2. The molecule has 8 heteroatoms. The maximum atomic E-state index is 14.6. The Hall–Kier alpha value is -1.96. The van der Waals surface area contributed by atoms with Gasteiger partial charge >= 0.3 is 0 Å². The van der Waals surface area contributed by atoms with Gasteiger partial charge in [0.15, 0.2) is 11.6 Å². The molecule has 35 heavy (non-hydrogen) atoms. The summed E-state index contributed by atoms with van der Waals surface area (Å²) >= 11 is 6.64. The zero-order valence-corrected chi connectivity index (χ0v) is 22.8. The fourth-order valence-electron chi connectivity index (χ4n) is 5.56. The normalized spacial score (nSPS) is 21.3. The van der Waals surface area contributed by atoms with Gasteiger partial charge in [0.1, 0.15) is 5.82 Å². The number of anilines is 2. The summed E-state index contributed by atoms with van der Waals surface area (Å²) in [5, 5.41) is 4.17. The number of aromatic nitrogens is 2. The molecule has 1 aromatic heterocycles. The molecule has 0 saturated carbocycles. The van der Waals surface area contributed by atoms with Gasteiger partial charge in [0, 0.05) is 49.7 Å². The predicted octanol–water partition coefficient (Wildman–Crippen LogP) is 4.87. The van der Waals surface area contributed by atoms with Gasteiger partial charge in [-0.2, -0.15) is 0 Å². The molecule has 2 saturated heterocycles. The summed E-state index contributed by atoms with van der Waals surface area (Å²) in [5.74, 6) is 0.544. The molecule has 192 valence electrons. The van der Waals surface area contributed by atoms with Gasteiger partial charge in [0.25, 0.3) is 0 Å². The van der Waals surface area contributed by atoms with E-state index in [1.807, 2.05) is 6.07 Å². The molecule has 0 bridgehead atoms. The number of piperidine rings is 1. The minimum absolute atomic E-state index is 0.0152. The molecule has 2 aromatic rings. The van der Waals surface area contributed by atoms with Crippen LogP contribution in [0.25, 0.3) is 0 Å². The van der Waals surface area contributed by atoms with Gasteiger partial charge in [-0.25, -0.2) is 14.4 Å². The van der Waals surface area contributed by atoms with Crippen molar-refractivity contribution in [2.75, 3.05) is 50.5 Å². The summed E-state index contributed by atoms with van der Waals surface area (Å²) in [4.78, 5) is 15.9. The maximum absolute atomic E-state index is 14.6. The van der Waals surface area contributed by atoms with Gasteiger partial charge in [0.05, 0.1) is 16.9 Å². The van der Waals surface area contributed by atoms with E-state index in [0.717, 1.165) is 61.7 Å². The first-order valence-electron chi connectivity index (χ1n) is 12.7. The van der Waals surface area contributed by atoms with Crippen molar-refractivity contribution in [3.05, 3.63) is 46.6 Å². The lowest BCUT2D eigenvalue weighted by Gasteiger charge is -2.53. The number of nitrogens with one attached hydrogen (secondary N) is 1. The molecule has 6 nitrogen and oxygen atoms in total. The quantitative estimate of drug-likeness (QED) is 0.608. The third kappa shape index (κ3) is 6.07. The fourth-order valence-corrected chi connectivity index (χ4v) is 5.88. The van der Waals surface area contributed by atoms with E-state index in [1.165, 1.54) is 6.20 Å². The Morgan fingerprint density at radius 1 is 1.03 bits per heavy atom. The number of halogens is 2. The number of piperazine rings is 1. The number of benzene rings is 1. The van der Waals surface area contributed by atoms with Gasteiger partial charge in [-0.3, -0.25) is 4.90 Å². The van der Waals surface area contributed by atoms with Gasteiger partial charge < -0.3 is 15.1 Å². The standard InChI is InChI=1S/C27H40ClFN6/c1-26(2)16-20(17-27(3,4)34(26)6)31-25-22(29)18-30-24(32-25)10-8-19-7-9-23(21(28)15-19)35-13-11-33(5)12-14-35/h7,9,15,18,20H,8,10-14,16-17H2,1-6H3,(H,30,31,32). The zero-order chi connectivity index (χ0) is 25.4. The molecule has 0 unspecified atom stereocenters. The molecule has 3 heterocycles. The van der Waals surface area contributed by atoms with Crippen molar-refractivity contribution in [1.82, 2.24) is 19.8 Å². The Balaban J connectivity index is 1.40. The third-order valence-corrected chi connectivity index (χ3v) is 8.24. The lowest BCUT2D eigenvalue weighted by molar-refractivity contribution is -0.00778. The number of hydrogen-bond donors (Lipinski definition) is 1. The van der Waals surface area contributed by atoms with Crippen LogP contribution in [0.2, 0.25) is 5.02 Å². The van der Waals surface area contributed by atoms with Crippen LogP contribution in [-0.4, -0.2) is 77.2 Å². The first-order chi connectivity index (χ1) is 16.4. The second-order valence-corrected chi connectivity index (χ2v) is 11.9. The number of rotatable bonds is 6. The minimum atomic E-state index is -0.400. The van der Waals surface area contributed by atoms with Crippen LogP contribution in [0.1, 0.15) is 51.9 Å². The van der Waals surface area contributed by atoms with Crippen LogP contribution >= 0.6 is 11.6 Å². The molecular formula is C27H40ClFN6. The molecule has 0 aliphatic carbocycles. The summed E-state index contributed by atoms with van der Waals surface area (Å²) in [6, 6.07) is 6.44. The number of hydrogen-bond acceptors (Lipinski definition) is 6. The van der Waals surface area contributed by atoms with Crippen LogP contribution in [-0.2, 0) is 12.8 Å². The molecule has 0 radical (unpaired) electrons. The molecule has 2 aliphatic rings. The number of nitrogens with zero attached hydrogens (tertiary/aromatic N) is 5. The first-order valence-corrected chi connectivity index (χ1v) is 13.1. The Labute approximate surface area is 214 Å². The number of likely N-dealkylation sites (N-methyl/N-ethyl adjacent to an activating group) is 1. The van der Waals surface area contributed by atoms with Crippen molar-refractivity contribution >= 4 is 23.1 Å². The lowest BCUT2D eigenvalue weighted by atomic mass is 9.77. The molecule has 2 fully saturated rings. The molecule has 0 spiro atoms. The van der Waals surface area contributed by atoms with Gasteiger partial charge in [-0.1, -0.05) is 17.7 Å². The van der Waals surface area contributed by atoms with Crippen molar-refractivity contribution in [1.29, 1.82) is 0 Å². The Morgan fingerprint density at radius 3 is 2.31 bits per heavy atom. The molecule has 2 aliphatic heterocycles. The topological polar surface area (TPSA) is 47.5 Å². The van der Waals surface area contributed by atoms with Gasteiger partial charge in [0.2, 0.25) is 0 Å². The Morgan fingerprint density at radius 2 is 1.69 bits per heavy atom. The molecule has 1 aromatic carbocycles. The van der Waals surface area contributed by atoms with Crippen LogP contribution in [0.15, 0.2) is 24.4 Å². The Bertz CT molecular complexity index is 1020. The van der Waals surface area contributed by atoms with Crippen molar-refractivity contribution in [3.8, 4) is 0 Å². The van der Waals surface area contributed by atoms with Crippen LogP contribution in [0.4, 0.5) is 15.9 Å². The fraction of sp³-hybridized carbons (Fsp3) is 0.630. The van der Waals surface area contributed by atoms with Crippen LogP contribution in [0, 0.1) is 5.82 Å². The average molecular weight is 503 g/mol. The second-order valence-electron chi connectivity index (χ2n) is 11.5. The highest BCUT2D eigenvalue weighted by Crippen LogP contribution is 2.38. The van der Waals surface area contributed by atoms with E-state index in [4.69, 9.17) is 11.6 Å². The van der Waals surface area contributed by atoms with E-state index >= 15 is 0 Å². The van der Waals surface area contributed by atoms with Crippen LogP contribution in [0.5, 0.6) is 0 Å². The maximum Gasteiger partial charge on any atom is 0.183 e. The van der Waals surface area contributed by atoms with E-state index in [2.05, 4.69) is 83.9 Å². The minimum Gasteiger partial charge on any atom is -0.368 e. The summed E-state index contributed by atoms with van der Waals surface area (Å²) in [6.45, 7) is 13.0. The highest BCUT2D eigenvalue weighted by Gasteiger charge is 2.43. The van der Waals surface area contributed by atoms with E-state index in [-0.39, 0.29) is 17.1 Å². The molecular weight excluding hydrogens is 463 g/mol. The van der Waals surface area contributed by atoms with Crippen molar-refractivity contribution in [2.45, 2.75) is 70.5 Å². The lowest BCUT2D eigenvalue weighted by Crippen LogP contribution is -2.61. The monoisotopic (exact) mass is 502 g/mol. The van der Waals surface area contributed by atoms with Crippen molar-refractivity contribution in [2.24, 2.45) is 0 Å². The summed E-state index contributed by atoms with van der Waals surface area (Å²) in [5.41, 5.74) is 2.26. The SMILES string of the molecule is CN1CCN(c2ccc(CCc3ncc(F)c(NC4CC(C)(C)N(C)C(C)(C)C4)n3)cc2Cl)CC1. The van der Waals surface area contributed by atoms with Gasteiger partial charge in [-0.05, 0) is 78.7 Å². The molecule has 1 N–H and O–H groups in total. The van der Waals surface area contributed by atoms with E-state index in [0.29, 0.717) is 18.1 Å². The first kappa shape index (κ1) is 26.1. The Kier molecular flexibility index (Phi) is 7.60. The van der Waals surface area contributed by atoms with Crippen molar-refractivity contribution < 1.29 is 4.39 Å². The van der Waals surface area contributed by atoms with Crippen LogP contribution in [0.3, 0.4) is 0 Å². The largest absolute Gasteiger partial charge is 0.368 e. The summed E-state index contributed by atoms with van der Waals surface area (Å²) in [6.07, 6.45) is 4.51. The van der Waals surface area contributed by atoms with Gasteiger partial charge in [-0.15, -0.1) is 0 Å². The molecule has 0 atom stereocenters. The highest BCUT2D eigenvalue weighted by atomic mass is 35.5. The average Bonchev–Trinajstić information content (AvgIpc) is 2.78. The predicted molar refractivity (Wildman–Crippen MR) is 143 cm³/mol. The summed E-state index contributed by atoms with van der Waals surface area (Å²) in [7, 11) is 4.32. The van der Waals surface area contributed by atoms with Crippen LogP contribution < -0.4 is 10.2 Å². The zero-order valence-electron chi connectivity index (χ0n) is 22.0. The van der Waals surface area contributed by atoms with Crippen molar-refractivity contribution in [3.63, 3.8) is 0 Å². The molecule has 0 amide bonds. The van der Waals surface area contributed by atoms with E-state index in [1.54, 1.807) is 0 Å². The second kappa shape index (κ2) is 10.2. The molecule has 4 rings (SSSR count).